The molecule has 1 heterocycles. The molecule has 23 heavy (non-hydrogen) atoms. The van der Waals surface area contributed by atoms with Gasteiger partial charge in [-0.3, -0.25) is 14.3 Å². The van der Waals surface area contributed by atoms with Gasteiger partial charge in [0.1, 0.15) is 0 Å². The van der Waals surface area contributed by atoms with Crippen molar-refractivity contribution in [2.45, 2.75) is 51.6 Å². The minimum atomic E-state index is -0.767. The second kappa shape index (κ2) is 7.59. The number of nitrogens with zero attached hydrogens (tertiary/aromatic N) is 2. The van der Waals surface area contributed by atoms with Gasteiger partial charge in [-0.15, -0.1) is 0 Å². The molecule has 1 aromatic heterocycles. The Kier molecular flexibility index (Phi) is 5.76. The van der Waals surface area contributed by atoms with Crippen molar-refractivity contribution in [2.75, 3.05) is 11.9 Å². The summed E-state index contributed by atoms with van der Waals surface area (Å²) in [6.45, 7) is 3.74. The number of anilines is 1. The van der Waals surface area contributed by atoms with E-state index in [9.17, 15) is 14.7 Å². The van der Waals surface area contributed by atoms with Crippen LogP contribution in [0.4, 0.5) is 5.82 Å². The number of aliphatic hydroxyl groups excluding tert-OH is 1. The number of aromatic nitrogens is 2. The van der Waals surface area contributed by atoms with Crippen molar-refractivity contribution in [1.82, 2.24) is 15.1 Å². The quantitative estimate of drug-likeness (QED) is 0.709. The first-order valence-corrected chi connectivity index (χ1v) is 8.19. The summed E-state index contributed by atoms with van der Waals surface area (Å²) < 4.78 is 1.77. The SMILES string of the molecule is CC(C)C(O)CNC(=O)C(=O)Nc1cc(C2CCCC2)n(C)n1. The van der Waals surface area contributed by atoms with Crippen LogP contribution in [0.5, 0.6) is 0 Å². The molecule has 1 aromatic rings. The Hall–Kier alpha value is -1.89. The molecule has 1 atom stereocenters. The van der Waals surface area contributed by atoms with E-state index in [-0.39, 0.29) is 12.5 Å². The van der Waals surface area contributed by atoms with E-state index in [2.05, 4.69) is 15.7 Å². The molecule has 7 heteroatoms. The molecule has 1 unspecified atom stereocenters. The molecule has 7 nitrogen and oxygen atoms in total. The predicted octanol–water partition coefficient (Wildman–Crippen LogP) is 1.15. The van der Waals surface area contributed by atoms with Crippen molar-refractivity contribution >= 4 is 17.6 Å². The number of rotatable bonds is 5. The molecular formula is C16H26N4O3. The Morgan fingerprint density at radius 1 is 1.35 bits per heavy atom. The highest BCUT2D eigenvalue weighted by atomic mass is 16.3. The summed E-state index contributed by atoms with van der Waals surface area (Å²) in [6, 6.07) is 1.84. The molecule has 1 saturated carbocycles. The first-order chi connectivity index (χ1) is 10.9. The summed E-state index contributed by atoms with van der Waals surface area (Å²) in [6.07, 6.45) is 4.05. The van der Waals surface area contributed by atoms with Crippen LogP contribution in [0.25, 0.3) is 0 Å². The van der Waals surface area contributed by atoms with Crippen molar-refractivity contribution in [1.29, 1.82) is 0 Å². The van der Waals surface area contributed by atoms with Crippen LogP contribution >= 0.6 is 0 Å². The number of hydrogen-bond donors (Lipinski definition) is 3. The van der Waals surface area contributed by atoms with E-state index in [1.54, 1.807) is 4.68 Å². The van der Waals surface area contributed by atoms with Crippen LogP contribution in [0.1, 0.15) is 51.1 Å². The molecule has 2 amide bonds. The molecule has 128 valence electrons. The van der Waals surface area contributed by atoms with Gasteiger partial charge in [0.15, 0.2) is 5.82 Å². The van der Waals surface area contributed by atoms with Gasteiger partial charge in [-0.05, 0) is 18.8 Å². The maximum Gasteiger partial charge on any atom is 0.314 e. The maximum atomic E-state index is 11.9. The van der Waals surface area contributed by atoms with E-state index in [1.165, 1.54) is 12.8 Å². The molecule has 2 rings (SSSR count). The molecule has 0 saturated heterocycles. The number of amides is 2. The highest BCUT2D eigenvalue weighted by molar-refractivity contribution is 6.39. The van der Waals surface area contributed by atoms with Crippen LogP contribution in [0.3, 0.4) is 0 Å². The topological polar surface area (TPSA) is 96.3 Å². The van der Waals surface area contributed by atoms with E-state index in [0.717, 1.165) is 18.5 Å². The molecule has 0 aliphatic heterocycles. The summed E-state index contributed by atoms with van der Waals surface area (Å²) in [5, 5.41) is 18.8. The number of carbonyl (C=O) groups is 2. The summed E-state index contributed by atoms with van der Waals surface area (Å²) in [7, 11) is 1.85. The van der Waals surface area contributed by atoms with Gasteiger partial charge in [0.25, 0.3) is 0 Å². The minimum Gasteiger partial charge on any atom is -0.391 e. The first-order valence-electron chi connectivity index (χ1n) is 8.19. The zero-order valence-electron chi connectivity index (χ0n) is 14.0. The van der Waals surface area contributed by atoms with Crippen LogP contribution in [0, 0.1) is 5.92 Å². The smallest absolute Gasteiger partial charge is 0.314 e. The van der Waals surface area contributed by atoms with Gasteiger partial charge in [0, 0.05) is 31.3 Å². The lowest BCUT2D eigenvalue weighted by Gasteiger charge is -2.14. The lowest BCUT2D eigenvalue weighted by Crippen LogP contribution is -2.40. The molecule has 0 aromatic carbocycles. The Bertz CT molecular complexity index is 562. The normalized spacial score (nSPS) is 16.6. The van der Waals surface area contributed by atoms with Crippen LogP contribution in [-0.2, 0) is 16.6 Å². The van der Waals surface area contributed by atoms with E-state index in [4.69, 9.17) is 0 Å². The van der Waals surface area contributed by atoms with Gasteiger partial charge in [-0.25, -0.2) is 0 Å². The van der Waals surface area contributed by atoms with Gasteiger partial charge in [0.2, 0.25) is 0 Å². The van der Waals surface area contributed by atoms with E-state index >= 15 is 0 Å². The fourth-order valence-electron chi connectivity index (χ4n) is 2.83. The zero-order chi connectivity index (χ0) is 17.0. The molecule has 3 N–H and O–H groups in total. The fraction of sp³-hybridized carbons (Fsp3) is 0.688. The second-order valence-electron chi connectivity index (χ2n) is 6.53. The number of aryl methyl sites for hydroxylation is 1. The van der Waals surface area contributed by atoms with E-state index in [0.29, 0.717) is 11.7 Å². The monoisotopic (exact) mass is 322 g/mol. The summed E-state index contributed by atoms with van der Waals surface area (Å²) in [4.78, 5) is 23.6. The van der Waals surface area contributed by atoms with Gasteiger partial charge >= 0.3 is 11.8 Å². The molecule has 0 radical (unpaired) electrons. The second-order valence-corrected chi connectivity index (χ2v) is 6.53. The molecule has 0 bridgehead atoms. The van der Waals surface area contributed by atoms with Gasteiger partial charge in [-0.2, -0.15) is 5.10 Å². The van der Waals surface area contributed by atoms with Crippen LogP contribution < -0.4 is 10.6 Å². The predicted molar refractivity (Wildman–Crippen MR) is 86.9 cm³/mol. The Morgan fingerprint density at radius 2 is 2.00 bits per heavy atom. The Balaban J connectivity index is 1.89. The van der Waals surface area contributed by atoms with Crippen molar-refractivity contribution in [2.24, 2.45) is 13.0 Å². The van der Waals surface area contributed by atoms with Crippen LogP contribution in [0.15, 0.2) is 6.07 Å². The third-order valence-electron chi connectivity index (χ3n) is 4.38. The van der Waals surface area contributed by atoms with Crippen molar-refractivity contribution in [3.63, 3.8) is 0 Å². The highest BCUT2D eigenvalue weighted by Gasteiger charge is 2.23. The number of carbonyl (C=O) groups excluding carboxylic acids is 2. The number of nitrogens with one attached hydrogen (secondary N) is 2. The fourth-order valence-corrected chi connectivity index (χ4v) is 2.83. The average molecular weight is 322 g/mol. The van der Waals surface area contributed by atoms with Gasteiger partial charge in [0.05, 0.1) is 6.10 Å². The lowest BCUT2D eigenvalue weighted by molar-refractivity contribution is -0.136. The van der Waals surface area contributed by atoms with Crippen LogP contribution in [-0.4, -0.2) is 39.4 Å². The van der Waals surface area contributed by atoms with Gasteiger partial charge < -0.3 is 15.7 Å². The standard InChI is InChI=1S/C16H26N4O3/c1-10(2)13(21)9-17-15(22)16(23)18-14-8-12(20(3)19-14)11-6-4-5-7-11/h8,10-11,13,21H,4-7,9H2,1-3H3,(H,17,22)(H,18,19,23). The molecule has 1 aliphatic carbocycles. The third kappa shape index (κ3) is 4.54. The van der Waals surface area contributed by atoms with E-state index in [1.807, 2.05) is 27.0 Å². The number of aliphatic hydroxyl groups is 1. The van der Waals surface area contributed by atoms with Crippen molar-refractivity contribution in [3.05, 3.63) is 11.8 Å². The molecule has 0 spiro atoms. The highest BCUT2D eigenvalue weighted by Crippen LogP contribution is 2.34. The molecule has 1 fully saturated rings. The third-order valence-corrected chi connectivity index (χ3v) is 4.38. The van der Waals surface area contributed by atoms with Crippen molar-refractivity contribution in [3.8, 4) is 0 Å². The molecule has 1 aliphatic rings. The zero-order valence-corrected chi connectivity index (χ0v) is 14.0. The molecular weight excluding hydrogens is 296 g/mol. The maximum absolute atomic E-state index is 11.9. The Labute approximate surface area is 136 Å². The van der Waals surface area contributed by atoms with Crippen LogP contribution in [0.2, 0.25) is 0 Å². The summed E-state index contributed by atoms with van der Waals surface area (Å²) in [5.41, 5.74) is 1.09. The van der Waals surface area contributed by atoms with E-state index < -0.39 is 17.9 Å². The Morgan fingerprint density at radius 3 is 2.61 bits per heavy atom. The lowest BCUT2D eigenvalue weighted by atomic mass is 10.0. The minimum absolute atomic E-state index is 0.0168. The summed E-state index contributed by atoms with van der Waals surface area (Å²) in [5.74, 6) is -0.648. The number of hydrogen-bond acceptors (Lipinski definition) is 4. The summed E-state index contributed by atoms with van der Waals surface area (Å²) >= 11 is 0. The first kappa shape index (κ1) is 17.5. The van der Waals surface area contributed by atoms with Gasteiger partial charge in [-0.1, -0.05) is 26.7 Å². The average Bonchev–Trinajstić information content (AvgIpc) is 3.13. The van der Waals surface area contributed by atoms with Crippen molar-refractivity contribution < 1.29 is 14.7 Å². The largest absolute Gasteiger partial charge is 0.391 e.